The summed E-state index contributed by atoms with van der Waals surface area (Å²) in [5.41, 5.74) is 6.63. The Morgan fingerprint density at radius 1 is 0.944 bits per heavy atom. The molecule has 176 valence electrons. The molecule has 0 fully saturated rings. The average Bonchev–Trinajstić information content (AvgIpc) is 3.57. The summed E-state index contributed by atoms with van der Waals surface area (Å²) in [6.07, 6.45) is 3.86. The quantitative estimate of drug-likeness (QED) is 0.285. The van der Waals surface area contributed by atoms with Gasteiger partial charge in [0.1, 0.15) is 5.69 Å². The highest BCUT2D eigenvalue weighted by Gasteiger charge is 2.16. The van der Waals surface area contributed by atoms with Crippen molar-refractivity contribution in [1.29, 1.82) is 0 Å². The van der Waals surface area contributed by atoms with Gasteiger partial charge in [-0.15, -0.1) is 5.10 Å². The van der Waals surface area contributed by atoms with E-state index < -0.39 is 0 Å². The minimum Gasteiger partial charge on any atom is -0.266 e. The van der Waals surface area contributed by atoms with Crippen molar-refractivity contribution >= 4 is 38.3 Å². The van der Waals surface area contributed by atoms with Crippen LogP contribution in [0, 0.1) is 13.8 Å². The second kappa shape index (κ2) is 8.96. The Bertz CT molecular complexity index is 1840. The molecule has 0 bridgehead atoms. The summed E-state index contributed by atoms with van der Waals surface area (Å²) in [5, 5.41) is 9.41. The number of hydrogen-bond donors (Lipinski definition) is 0. The molecule has 0 atom stereocenters. The van der Waals surface area contributed by atoms with Crippen LogP contribution in [0.3, 0.4) is 0 Å². The Morgan fingerprint density at radius 2 is 1.72 bits per heavy atom. The van der Waals surface area contributed by atoms with Crippen LogP contribution in [0.1, 0.15) is 16.7 Å². The Kier molecular flexibility index (Phi) is 5.62. The minimum absolute atomic E-state index is 0.190. The predicted octanol–water partition coefficient (Wildman–Crippen LogP) is 5.60. The first-order valence-electron chi connectivity index (χ1n) is 11.4. The molecular formula is C28H20BrN5OS. The molecule has 3 aromatic carbocycles. The van der Waals surface area contributed by atoms with E-state index in [0.29, 0.717) is 15.3 Å². The molecule has 0 unspecified atom stereocenters. The Morgan fingerprint density at radius 3 is 2.47 bits per heavy atom. The Labute approximate surface area is 219 Å². The van der Waals surface area contributed by atoms with Gasteiger partial charge in [-0.3, -0.25) is 4.79 Å². The van der Waals surface area contributed by atoms with Crippen LogP contribution in [0.15, 0.2) is 88.3 Å². The SMILES string of the molecule is Cc1ccc(C)c(-c2nn(-c3ccccc3)cc2/C=c2\sc3nc(-c4ccc(Br)cc4)nn3c2=O)c1. The van der Waals surface area contributed by atoms with Gasteiger partial charge >= 0.3 is 0 Å². The van der Waals surface area contributed by atoms with Crippen molar-refractivity contribution in [3.05, 3.63) is 115 Å². The summed E-state index contributed by atoms with van der Waals surface area (Å²) in [4.78, 5) is 18.5. The molecule has 3 aromatic heterocycles. The number of fused-ring (bicyclic) bond motifs is 1. The number of benzene rings is 3. The van der Waals surface area contributed by atoms with Gasteiger partial charge < -0.3 is 0 Å². The first-order valence-corrected chi connectivity index (χ1v) is 13.0. The molecule has 0 saturated carbocycles. The fourth-order valence-corrected chi connectivity index (χ4v) is 5.27. The summed E-state index contributed by atoms with van der Waals surface area (Å²) in [7, 11) is 0. The topological polar surface area (TPSA) is 65.1 Å². The molecule has 6 rings (SSSR count). The highest BCUT2D eigenvalue weighted by atomic mass is 79.9. The highest BCUT2D eigenvalue weighted by molar-refractivity contribution is 9.10. The van der Waals surface area contributed by atoms with Gasteiger partial charge in [0, 0.05) is 27.4 Å². The van der Waals surface area contributed by atoms with Crippen LogP contribution >= 0.6 is 27.3 Å². The molecule has 0 N–H and O–H groups in total. The molecular weight excluding hydrogens is 534 g/mol. The van der Waals surface area contributed by atoms with Gasteiger partial charge in [0.15, 0.2) is 5.82 Å². The molecule has 0 amide bonds. The standard InChI is InChI=1S/C28H20BrN5OS/c1-17-8-9-18(2)23(14-17)25-20(16-33(31-25)22-6-4-3-5-7-22)15-24-27(35)34-28(36-24)30-26(32-34)19-10-12-21(29)13-11-19/h3-16H,1-2H3/b24-15-. The zero-order valence-corrected chi connectivity index (χ0v) is 21.9. The molecule has 6 aromatic rings. The van der Waals surface area contributed by atoms with E-state index in [4.69, 9.17) is 5.10 Å². The van der Waals surface area contributed by atoms with Crippen molar-refractivity contribution in [3.8, 4) is 28.3 Å². The fourth-order valence-electron chi connectivity index (χ4n) is 4.10. The molecule has 0 radical (unpaired) electrons. The molecule has 0 aliphatic rings. The molecule has 8 heteroatoms. The molecule has 0 spiro atoms. The Balaban J connectivity index is 1.51. The number of rotatable bonds is 4. The lowest BCUT2D eigenvalue weighted by Crippen LogP contribution is -2.23. The van der Waals surface area contributed by atoms with Crippen LogP contribution in [0.4, 0.5) is 0 Å². The lowest BCUT2D eigenvalue weighted by molar-refractivity contribution is 0.884. The second-order valence-electron chi connectivity index (χ2n) is 8.58. The average molecular weight is 554 g/mol. The van der Waals surface area contributed by atoms with Gasteiger partial charge in [-0.25, -0.2) is 4.68 Å². The summed E-state index contributed by atoms with van der Waals surface area (Å²) in [5.74, 6) is 0.533. The van der Waals surface area contributed by atoms with E-state index in [9.17, 15) is 4.79 Å². The first kappa shape index (κ1) is 22.6. The van der Waals surface area contributed by atoms with Crippen molar-refractivity contribution in [2.24, 2.45) is 0 Å². The third kappa shape index (κ3) is 4.08. The lowest BCUT2D eigenvalue weighted by atomic mass is 10.0. The molecule has 3 heterocycles. The number of aryl methyl sites for hydroxylation is 2. The summed E-state index contributed by atoms with van der Waals surface area (Å²) in [6.45, 7) is 4.14. The second-order valence-corrected chi connectivity index (χ2v) is 10.5. The molecule has 0 aliphatic carbocycles. The van der Waals surface area contributed by atoms with Crippen LogP contribution in [0.25, 0.3) is 39.4 Å². The van der Waals surface area contributed by atoms with Gasteiger partial charge in [-0.1, -0.05) is 75.3 Å². The van der Waals surface area contributed by atoms with Gasteiger partial charge in [-0.05, 0) is 55.8 Å². The van der Waals surface area contributed by atoms with E-state index in [-0.39, 0.29) is 5.56 Å². The maximum atomic E-state index is 13.3. The third-order valence-electron chi connectivity index (χ3n) is 5.98. The summed E-state index contributed by atoms with van der Waals surface area (Å²) < 4.78 is 4.78. The number of thiazole rings is 1. The van der Waals surface area contributed by atoms with Crippen molar-refractivity contribution in [3.63, 3.8) is 0 Å². The van der Waals surface area contributed by atoms with Crippen LogP contribution < -0.4 is 10.1 Å². The summed E-state index contributed by atoms with van der Waals surface area (Å²) >= 11 is 4.77. The molecule has 6 nitrogen and oxygen atoms in total. The van der Waals surface area contributed by atoms with E-state index in [2.05, 4.69) is 58.1 Å². The van der Waals surface area contributed by atoms with Crippen LogP contribution in [-0.2, 0) is 0 Å². The van der Waals surface area contributed by atoms with Gasteiger partial charge in [0.25, 0.3) is 5.56 Å². The number of para-hydroxylation sites is 1. The minimum atomic E-state index is -0.190. The van der Waals surface area contributed by atoms with Crippen molar-refractivity contribution in [2.45, 2.75) is 13.8 Å². The maximum Gasteiger partial charge on any atom is 0.291 e. The molecule has 36 heavy (non-hydrogen) atoms. The predicted molar refractivity (Wildman–Crippen MR) is 148 cm³/mol. The normalized spacial score (nSPS) is 12.0. The van der Waals surface area contributed by atoms with E-state index in [1.807, 2.05) is 71.6 Å². The first-order chi connectivity index (χ1) is 17.5. The van der Waals surface area contributed by atoms with Crippen molar-refractivity contribution < 1.29 is 0 Å². The monoisotopic (exact) mass is 553 g/mol. The van der Waals surface area contributed by atoms with Gasteiger partial charge in [0.05, 0.1) is 10.2 Å². The van der Waals surface area contributed by atoms with Crippen LogP contribution in [0.5, 0.6) is 0 Å². The van der Waals surface area contributed by atoms with Crippen molar-refractivity contribution in [1.82, 2.24) is 24.4 Å². The molecule has 0 aliphatic heterocycles. The van der Waals surface area contributed by atoms with E-state index in [1.165, 1.54) is 15.9 Å². The number of hydrogen-bond acceptors (Lipinski definition) is 5. The van der Waals surface area contributed by atoms with E-state index in [1.54, 1.807) is 0 Å². The fraction of sp³-hybridized carbons (Fsp3) is 0.0714. The number of nitrogens with zero attached hydrogens (tertiary/aromatic N) is 5. The number of aromatic nitrogens is 5. The van der Waals surface area contributed by atoms with Crippen LogP contribution in [0.2, 0.25) is 0 Å². The number of halogens is 1. The van der Waals surface area contributed by atoms with Crippen LogP contribution in [-0.4, -0.2) is 24.4 Å². The summed E-state index contributed by atoms with van der Waals surface area (Å²) in [6, 6.07) is 24.0. The van der Waals surface area contributed by atoms with E-state index in [0.717, 1.165) is 43.7 Å². The largest absolute Gasteiger partial charge is 0.291 e. The zero-order valence-electron chi connectivity index (χ0n) is 19.5. The lowest BCUT2D eigenvalue weighted by Gasteiger charge is -2.05. The molecule has 0 saturated heterocycles. The van der Waals surface area contributed by atoms with E-state index >= 15 is 0 Å². The maximum absolute atomic E-state index is 13.3. The van der Waals surface area contributed by atoms with Gasteiger partial charge in [0.2, 0.25) is 4.96 Å². The Hall–Kier alpha value is -3.88. The highest BCUT2D eigenvalue weighted by Crippen LogP contribution is 2.28. The van der Waals surface area contributed by atoms with Crippen molar-refractivity contribution in [2.75, 3.05) is 0 Å². The third-order valence-corrected chi connectivity index (χ3v) is 7.47. The van der Waals surface area contributed by atoms with Gasteiger partial charge in [-0.2, -0.15) is 14.6 Å². The smallest absolute Gasteiger partial charge is 0.266 e. The zero-order chi connectivity index (χ0) is 24.8.